The minimum Gasteiger partial charge on any atom is -0.342 e. The van der Waals surface area contributed by atoms with E-state index in [2.05, 4.69) is 6.58 Å². The smallest absolute Gasteiger partial charge is 0.224 e. The maximum absolute atomic E-state index is 12.0. The van der Waals surface area contributed by atoms with Crippen molar-refractivity contribution in [1.29, 1.82) is 0 Å². The summed E-state index contributed by atoms with van der Waals surface area (Å²) in [6, 6.07) is 0. The van der Waals surface area contributed by atoms with Gasteiger partial charge < -0.3 is 9.80 Å². The molecule has 0 unspecified atom stereocenters. The molecule has 1 saturated heterocycles. The highest BCUT2D eigenvalue weighted by molar-refractivity contribution is 7.88. The lowest BCUT2D eigenvalue weighted by Gasteiger charge is -2.33. The van der Waals surface area contributed by atoms with E-state index in [9.17, 15) is 18.0 Å². The number of piperazine rings is 1. The van der Waals surface area contributed by atoms with Crippen molar-refractivity contribution in [1.82, 2.24) is 14.1 Å². The first kappa shape index (κ1) is 16.6. The summed E-state index contributed by atoms with van der Waals surface area (Å²) in [5, 5.41) is 0. The van der Waals surface area contributed by atoms with Crippen molar-refractivity contribution in [2.45, 2.75) is 6.42 Å². The number of hydrogen-bond acceptors (Lipinski definition) is 4. The van der Waals surface area contributed by atoms with Gasteiger partial charge in [0.15, 0.2) is 0 Å². The second-order valence-corrected chi connectivity index (χ2v) is 6.66. The first-order valence-electron chi connectivity index (χ1n) is 6.41. The van der Waals surface area contributed by atoms with Crippen molar-refractivity contribution >= 4 is 22.3 Å². The monoisotopic (exact) mass is 303 g/mol. The molecule has 1 aliphatic rings. The van der Waals surface area contributed by atoms with Crippen LogP contribution in [0.25, 0.3) is 0 Å². The molecular weight excluding hydrogens is 282 g/mol. The van der Waals surface area contributed by atoms with E-state index in [1.165, 1.54) is 10.4 Å². The highest BCUT2D eigenvalue weighted by Crippen LogP contribution is 2.05. The van der Waals surface area contributed by atoms with Gasteiger partial charge in [0, 0.05) is 45.7 Å². The Labute approximate surface area is 119 Å². The number of hydrogen-bond donors (Lipinski definition) is 0. The highest BCUT2D eigenvalue weighted by Gasteiger charge is 2.22. The van der Waals surface area contributed by atoms with Gasteiger partial charge in [-0.25, -0.2) is 8.42 Å². The van der Waals surface area contributed by atoms with E-state index in [0.717, 1.165) is 12.7 Å². The van der Waals surface area contributed by atoms with E-state index in [-0.39, 0.29) is 25.4 Å². The second-order valence-electron chi connectivity index (χ2n) is 4.68. The summed E-state index contributed by atoms with van der Waals surface area (Å²) >= 11 is 0. The molecule has 0 N–H and O–H groups in total. The lowest BCUT2D eigenvalue weighted by Crippen LogP contribution is -2.48. The lowest BCUT2D eigenvalue weighted by molar-refractivity contribution is -0.135. The Morgan fingerprint density at radius 3 is 2.35 bits per heavy atom. The predicted octanol–water partition coefficient (Wildman–Crippen LogP) is -0.875. The van der Waals surface area contributed by atoms with Crippen LogP contribution in [0.2, 0.25) is 0 Å². The van der Waals surface area contributed by atoms with E-state index in [0.29, 0.717) is 26.2 Å². The number of carbonyl (C=O) groups is 2. The Hall–Kier alpha value is -1.41. The van der Waals surface area contributed by atoms with Crippen LogP contribution in [0, 0.1) is 0 Å². The first-order valence-corrected chi connectivity index (χ1v) is 8.26. The fourth-order valence-corrected chi connectivity index (χ4v) is 2.79. The van der Waals surface area contributed by atoms with Crippen molar-refractivity contribution in [3.63, 3.8) is 0 Å². The van der Waals surface area contributed by atoms with Gasteiger partial charge in [0.2, 0.25) is 22.3 Å². The van der Waals surface area contributed by atoms with Crippen molar-refractivity contribution in [2.75, 3.05) is 45.5 Å². The standard InChI is InChI=1S/C12H21N3O4S/c1-3-5-15(20(2,18)19)6-4-12(17)14-9-7-13(11-16)8-10-14/h3,11H,1,4-10H2,2H3. The van der Waals surface area contributed by atoms with Crippen LogP contribution < -0.4 is 0 Å². The van der Waals surface area contributed by atoms with Crippen LogP contribution in [-0.2, 0) is 19.6 Å². The third kappa shape index (κ3) is 4.93. The van der Waals surface area contributed by atoms with Crippen LogP contribution in [0.1, 0.15) is 6.42 Å². The van der Waals surface area contributed by atoms with Gasteiger partial charge in [0.1, 0.15) is 0 Å². The van der Waals surface area contributed by atoms with Crippen LogP contribution in [-0.4, -0.2) is 80.4 Å². The molecule has 1 aliphatic heterocycles. The van der Waals surface area contributed by atoms with Crippen LogP contribution in [0.5, 0.6) is 0 Å². The minimum atomic E-state index is -3.33. The third-order valence-electron chi connectivity index (χ3n) is 3.19. The summed E-state index contributed by atoms with van der Waals surface area (Å²) in [6.45, 7) is 5.91. The van der Waals surface area contributed by atoms with Crippen molar-refractivity contribution < 1.29 is 18.0 Å². The Morgan fingerprint density at radius 2 is 1.90 bits per heavy atom. The zero-order chi connectivity index (χ0) is 15.2. The number of amides is 2. The lowest BCUT2D eigenvalue weighted by atomic mass is 10.3. The van der Waals surface area contributed by atoms with Gasteiger partial charge in [-0.1, -0.05) is 6.08 Å². The molecule has 114 valence electrons. The zero-order valence-electron chi connectivity index (χ0n) is 11.7. The molecule has 2 amide bonds. The molecule has 1 heterocycles. The molecule has 0 aliphatic carbocycles. The molecule has 20 heavy (non-hydrogen) atoms. The molecule has 0 saturated carbocycles. The second kappa shape index (κ2) is 7.39. The summed E-state index contributed by atoms with van der Waals surface area (Å²) in [5.74, 6) is -0.0896. The molecule has 0 spiro atoms. The van der Waals surface area contributed by atoms with E-state index < -0.39 is 10.0 Å². The van der Waals surface area contributed by atoms with Crippen molar-refractivity contribution in [3.05, 3.63) is 12.7 Å². The fourth-order valence-electron chi connectivity index (χ4n) is 1.99. The molecule has 0 aromatic rings. The molecule has 0 bridgehead atoms. The summed E-state index contributed by atoms with van der Waals surface area (Å²) in [6.07, 6.45) is 3.53. The van der Waals surface area contributed by atoms with Gasteiger partial charge in [-0.2, -0.15) is 4.31 Å². The molecule has 1 rings (SSSR count). The molecular formula is C12H21N3O4S. The number of nitrogens with zero attached hydrogens (tertiary/aromatic N) is 3. The van der Waals surface area contributed by atoms with E-state index in [4.69, 9.17) is 0 Å². The van der Waals surface area contributed by atoms with Gasteiger partial charge in [-0.3, -0.25) is 9.59 Å². The molecule has 1 fully saturated rings. The highest BCUT2D eigenvalue weighted by atomic mass is 32.2. The number of sulfonamides is 1. The van der Waals surface area contributed by atoms with Crippen molar-refractivity contribution in [3.8, 4) is 0 Å². The average molecular weight is 303 g/mol. The van der Waals surface area contributed by atoms with E-state index in [1.54, 1.807) is 9.80 Å². The zero-order valence-corrected chi connectivity index (χ0v) is 12.5. The molecule has 0 aromatic heterocycles. The normalized spacial score (nSPS) is 16.3. The van der Waals surface area contributed by atoms with E-state index >= 15 is 0 Å². The summed E-state index contributed by atoms with van der Waals surface area (Å²) < 4.78 is 24.2. The van der Waals surface area contributed by atoms with Crippen LogP contribution in [0.4, 0.5) is 0 Å². The van der Waals surface area contributed by atoms with Crippen LogP contribution in [0.3, 0.4) is 0 Å². The van der Waals surface area contributed by atoms with Gasteiger partial charge in [-0.15, -0.1) is 6.58 Å². The quantitative estimate of drug-likeness (QED) is 0.452. The summed E-state index contributed by atoms with van der Waals surface area (Å²) in [7, 11) is -3.33. The summed E-state index contributed by atoms with van der Waals surface area (Å²) in [5.41, 5.74) is 0. The number of rotatable bonds is 7. The SMILES string of the molecule is C=CCN(CCC(=O)N1CCN(C=O)CC1)S(C)(=O)=O. The maximum atomic E-state index is 12.0. The Morgan fingerprint density at radius 1 is 1.30 bits per heavy atom. The molecule has 0 atom stereocenters. The average Bonchev–Trinajstić information content (AvgIpc) is 2.42. The van der Waals surface area contributed by atoms with Crippen molar-refractivity contribution in [2.24, 2.45) is 0 Å². The maximum Gasteiger partial charge on any atom is 0.224 e. The van der Waals surface area contributed by atoms with Gasteiger partial charge >= 0.3 is 0 Å². The molecule has 8 heteroatoms. The van der Waals surface area contributed by atoms with Crippen LogP contribution >= 0.6 is 0 Å². The van der Waals surface area contributed by atoms with Gasteiger partial charge in [0.25, 0.3) is 0 Å². The minimum absolute atomic E-state index is 0.0896. The molecule has 0 aromatic carbocycles. The number of carbonyl (C=O) groups excluding carboxylic acids is 2. The topological polar surface area (TPSA) is 78.0 Å². The molecule has 7 nitrogen and oxygen atoms in total. The Bertz CT molecular complexity index is 455. The predicted molar refractivity (Wildman–Crippen MR) is 75.4 cm³/mol. The Kier molecular flexibility index (Phi) is 6.15. The fraction of sp³-hybridized carbons (Fsp3) is 0.667. The van der Waals surface area contributed by atoms with Crippen LogP contribution in [0.15, 0.2) is 12.7 Å². The third-order valence-corrected chi connectivity index (χ3v) is 4.46. The molecule has 0 radical (unpaired) electrons. The largest absolute Gasteiger partial charge is 0.342 e. The Balaban J connectivity index is 2.46. The van der Waals surface area contributed by atoms with Gasteiger partial charge in [-0.05, 0) is 0 Å². The summed E-state index contributed by atoms with van der Waals surface area (Å²) in [4.78, 5) is 25.9. The first-order chi connectivity index (χ1) is 9.38. The van der Waals surface area contributed by atoms with E-state index in [1.807, 2.05) is 0 Å². The van der Waals surface area contributed by atoms with Gasteiger partial charge in [0.05, 0.1) is 6.26 Å².